The monoisotopic (exact) mass is 644 g/mol. The molecule has 0 radical (unpaired) electrons. The summed E-state index contributed by atoms with van der Waals surface area (Å²) in [5.74, 6) is -0.901. The fraction of sp³-hybridized carbons (Fsp3) is 0.438. The van der Waals surface area contributed by atoms with Crippen molar-refractivity contribution in [3.05, 3.63) is 70.9 Å². The molecule has 4 amide bonds. The average molecular weight is 645 g/mol. The minimum atomic E-state index is -0.826. The number of amides is 4. The molecular formula is C32H39ClF2N6O4. The Morgan fingerprint density at radius 3 is 2.51 bits per heavy atom. The van der Waals surface area contributed by atoms with Crippen LogP contribution >= 0.6 is 11.6 Å². The lowest BCUT2D eigenvalue weighted by Crippen LogP contribution is -2.54. The number of pyridine rings is 1. The van der Waals surface area contributed by atoms with Crippen LogP contribution in [0.25, 0.3) is 10.8 Å². The SMILES string of the molecule is CN(C(=O)NCc1cccc(F)c1Cl)[C@@H](CCC(=O)N1CCN(C(C)(C)C)CC1)COC(=O)Nc1cc2cc(F)ccc2cn1. The Labute approximate surface area is 266 Å². The van der Waals surface area contributed by atoms with Crippen LogP contribution in [0.4, 0.5) is 24.2 Å². The first-order valence-corrected chi connectivity index (χ1v) is 15.1. The summed E-state index contributed by atoms with van der Waals surface area (Å²) >= 11 is 6.03. The summed E-state index contributed by atoms with van der Waals surface area (Å²) in [6.45, 7) is 8.92. The van der Waals surface area contributed by atoms with Crippen molar-refractivity contribution in [3.8, 4) is 0 Å². The Morgan fingerprint density at radius 2 is 1.80 bits per heavy atom. The van der Waals surface area contributed by atoms with E-state index in [1.54, 1.807) is 12.1 Å². The fourth-order valence-electron chi connectivity index (χ4n) is 5.10. The third-order valence-electron chi connectivity index (χ3n) is 7.92. The van der Waals surface area contributed by atoms with Gasteiger partial charge in [0.05, 0.1) is 11.1 Å². The molecule has 10 nitrogen and oxygen atoms in total. The number of carbonyl (C=O) groups excluding carboxylic acids is 3. The number of hydrogen-bond donors (Lipinski definition) is 2. The zero-order valence-corrected chi connectivity index (χ0v) is 26.7. The maximum absolute atomic E-state index is 13.9. The van der Waals surface area contributed by atoms with Gasteiger partial charge in [0.2, 0.25) is 5.91 Å². The maximum atomic E-state index is 13.9. The highest BCUT2D eigenvalue weighted by Crippen LogP contribution is 2.21. The molecule has 2 heterocycles. The average Bonchev–Trinajstić information content (AvgIpc) is 3.00. The number of piperazine rings is 1. The van der Waals surface area contributed by atoms with Gasteiger partial charge in [-0.2, -0.15) is 0 Å². The van der Waals surface area contributed by atoms with E-state index in [1.165, 1.54) is 48.5 Å². The van der Waals surface area contributed by atoms with E-state index >= 15 is 0 Å². The van der Waals surface area contributed by atoms with Crippen LogP contribution in [0.3, 0.4) is 0 Å². The number of aromatic nitrogens is 1. The van der Waals surface area contributed by atoms with E-state index in [9.17, 15) is 23.2 Å². The van der Waals surface area contributed by atoms with Crippen molar-refractivity contribution in [3.63, 3.8) is 0 Å². The summed E-state index contributed by atoms with van der Waals surface area (Å²) in [5.41, 5.74) is 0.417. The number of likely N-dealkylation sites (N-methyl/N-ethyl adjacent to an activating group) is 1. The molecule has 0 saturated carbocycles. The molecule has 1 atom stereocenters. The van der Waals surface area contributed by atoms with Crippen LogP contribution in [0.2, 0.25) is 5.02 Å². The van der Waals surface area contributed by atoms with Gasteiger partial charge in [0.15, 0.2) is 0 Å². The molecule has 4 rings (SSSR count). The molecule has 45 heavy (non-hydrogen) atoms. The third kappa shape index (κ3) is 9.24. The smallest absolute Gasteiger partial charge is 0.412 e. The second-order valence-electron chi connectivity index (χ2n) is 12.0. The molecule has 1 aliphatic heterocycles. The minimum Gasteiger partial charge on any atom is -0.447 e. The molecule has 2 N–H and O–H groups in total. The fourth-order valence-corrected chi connectivity index (χ4v) is 5.30. The molecule has 0 unspecified atom stereocenters. The molecule has 1 saturated heterocycles. The highest BCUT2D eigenvalue weighted by Gasteiger charge is 2.29. The second-order valence-corrected chi connectivity index (χ2v) is 12.4. The first-order chi connectivity index (χ1) is 21.3. The van der Waals surface area contributed by atoms with Crippen LogP contribution in [-0.4, -0.2) is 89.1 Å². The first kappa shape index (κ1) is 33.9. The maximum Gasteiger partial charge on any atom is 0.412 e. The number of anilines is 1. The number of urea groups is 1. The van der Waals surface area contributed by atoms with Crippen LogP contribution in [0.1, 0.15) is 39.2 Å². The summed E-state index contributed by atoms with van der Waals surface area (Å²) in [5, 5.41) is 6.40. The van der Waals surface area contributed by atoms with E-state index in [4.69, 9.17) is 16.3 Å². The van der Waals surface area contributed by atoms with Gasteiger partial charge >= 0.3 is 12.1 Å². The molecule has 1 aliphatic rings. The number of carbonyl (C=O) groups is 3. The summed E-state index contributed by atoms with van der Waals surface area (Å²) in [6.07, 6.45) is 1.04. The highest BCUT2D eigenvalue weighted by atomic mass is 35.5. The predicted octanol–water partition coefficient (Wildman–Crippen LogP) is 5.65. The Balaban J connectivity index is 1.38. The molecule has 0 aliphatic carbocycles. The number of halogens is 3. The van der Waals surface area contributed by atoms with Gasteiger partial charge in [-0.15, -0.1) is 0 Å². The Morgan fingerprint density at radius 1 is 1.07 bits per heavy atom. The van der Waals surface area contributed by atoms with Gasteiger partial charge in [-0.05, 0) is 68.5 Å². The van der Waals surface area contributed by atoms with Crippen LogP contribution in [0.15, 0.2) is 48.7 Å². The van der Waals surface area contributed by atoms with Crippen LogP contribution < -0.4 is 10.6 Å². The normalized spacial score (nSPS) is 14.6. The Kier molecular flexibility index (Phi) is 11.2. The predicted molar refractivity (Wildman–Crippen MR) is 169 cm³/mol. The number of fused-ring (bicyclic) bond motifs is 1. The van der Waals surface area contributed by atoms with Crippen molar-refractivity contribution in [2.24, 2.45) is 0 Å². The van der Waals surface area contributed by atoms with Gasteiger partial charge in [-0.1, -0.05) is 23.7 Å². The molecule has 2 aromatic carbocycles. The van der Waals surface area contributed by atoms with Crippen molar-refractivity contribution < 1.29 is 27.9 Å². The molecule has 0 spiro atoms. The molecule has 1 fully saturated rings. The molecular weight excluding hydrogens is 606 g/mol. The zero-order valence-electron chi connectivity index (χ0n) is 25.9. The Hall–Kier alpha value is -4.03. The van der Waals surface area contributed by atoms with E-state index in [1.807, 2.05) is 4.90 Å². The van der Waals surface area contributed by atoms with Crippen molar-refractivity contribution in [2.45, 2.75) is 51.7 Å². The van der Waals surface area contributed by atoms with Crippen LogP contribution in [0, 0.1) is 11.6 Å². The number of rotatable bonds is 9. The lowest BCUT2D eigenvalue weighted by molar-refractivity contribution is -0.134. The highest BCUT2D eigenvalue weighted by molar-refractivity contribution is 6.31. The second kappa shape index (κ2) is 14.8. The molecule has 13 heteroatoms. The summed E-state index contributed by atoms with van der Waals surface area (Å²) in [7, 11) is 1.53. The zero-order chi connectivity index (χ0) is 32.7. The van der Waals surface area contributed by atoms with Gasteiger partial charge in [0.1, 0.15) is 24.1 Å². The lowest BCUT2D eigenvalue weighted by atomic mass is 10.0. The van der Waals surface area contributed by atoms with Gasteiger partial charge in [0.25, 0.3) is 0 Å². The molecule has 0 bridgehead atoms. The standard InChI is InChI=1S/C32H39ClF2N6O4/c1-32(2,3)41-14-12-40(13-15-41)28(42)11-10-25(39(4)30(43)37-19-22-6-5-7-26(35)29(22)33)20-45-31(44)38-27-17-23-16-24(34)9-8-21(23)18-36-27/h5-9,16-18,25H,10-15,19-20H2,1-4H3,(H,37,43)(H,36,38,44)/t25-/m0/s1. The summed E-state index contributed by atoms with van der Waals surface area (Å²) < 4.78 is 33.0. The van der Waals surface area contributed by atoms with E-state index in [0.29, 0.717) is 29.4 Å². The molecule has 3 aromatic rings. The minimum absolute atomic E-state index is 0.0164. The van der Waals surface area contributed by atoms with E-state index in [2.05, 4.69) is 41.3 Å². The number of hydrogen-bond acceptors (Lipinski definition) is 6. The van der Waals surface area contributed by atoms with E-state index < -0.39 is 29.8 Å². The van der Waals surface area contributed by atoms with Gasteiger partial charge in [0, 0.05) is 63.3 Å². The van der Waals surface area contributed by atoms with E-state index in [0.717, 1.165) is 13.1 Å². The number of nitrogens with zero attached hydrogens (tertiary/aromatic N) is 4. The number of benzene rings is 2. The van der Waals surface area contributed by atoms with Crippen molar-refractivity contribution in [2.75, 3.05) is 45.2 Å². The quantitative estimate of drug-likeness (QED) is 0.312. The lowest BCUT2D eigenvalue weighted by Gasteiger charge is -2.42. The topological polar surface area (TPSA) is 107 Å². The number of ether oxygens (including phenoxy) is 1. The molecule has 1 aromatic heterocycles. The van der Waals surface area contributed by atoms with Gasteiger partial charge in [-0.25, -0.2) is 23.4 Å². The Bertz CT molecular complexity index is 1530. The summed E-state index contributed by atoms with van der Waals surface area (Å²) in [6, 6.07) is 8.89. The van der Waals surface area contributed by atoms with Crippen molar-refractivity contribution >= 4 is 46.2 Å². The number of nitrogens with one attached hydrogen (secondary N) is 2. The van der Waals surface area contributed by atoms with Gasteiger partial charge < -0.3 is 19.9 Å². The largest absolute Gasteiger partial charge is 0.447 e. The van der Waals surface area contributed by atoms with E-state index in [-0.39, 0.29) is 48.3 Å². The van der Waals surface area contributed by atoms with Crippen LogP contribution in [-0.2, 0) is 16.1 Å². The first-order valence-electron chi connectivity index (χ1n) is 14.8. The summed E-state index contributed by atoms with van der Waals surface area (Å²) in [4.78, 5) is 48.6. The van der Waals surface area contributed by atoms with Crippen molar-refractivity contribution in [1.29, 1.82) is 0 Å². The van der Waals surface area contributed by atoms with Crippen molar-refractivity contribution in [1.82, 2.24) is 25.0 Å². The molecule has 242 valence electrons. The van der Waals surface area contributed by atoms with Gasteiger partial charge in [-0.3, -0.25) is 15.0 Å². The third-order valence-corrected chi connectivity index (χ3v) is 8.35. The van der Waals surface area contributed by atoms with Crippen LogP contribution in [0.5, 0.6) is 0 Å².